The van der Waals surface area contributed by atoms with Crippen LogP contribution in [0.25, 0.3) is 0 Å². The number of phenols is 2. The molecule has 2 amide bonds. The minimum atomic E-state index is -1.82. The van der Waals surface area contributed by atoms with Crippen LogP contribution >= 0.6 is 23.1 Å². The third-order valence-electron chi connectivity index (χ3n) is 6.66. The lowest BCUT2D eigenvalue weighted by atomic mass is 10.0. The minimum Gasteiger partial charge on any atom is -0.543 e. The van der Waals surface area contributed by atoms with E-state index in [1.54, 1.807) is 29.0 Å². The van der Waals surface area contributed by atoms with Crippen LogP contribution in [0.1, 0.15) is 17.4 Å². The summed E-state index contributed by atoms with van der Waals surface area (Å²) in [4.78, 5) is 64.8. The molecule has 46 heavy (non-hydrogen) atoms. The Morgan fingerprint density at radius 1 is 1.26 bits per heavy atom. The Hall–Kier alpha value is -5.69. The minimum absolute atomic E-state index is 0.0536. The highest BCUT2D eigenvalue weighted by Gasteiger charge is 2.53. The normalized spacial score (nSPS) is 18.6. The first-order valence-electron chi connectivity index (χ1n) is 13.1. The number of β-lactam (4-membered cyclic amide) rings is 1. The van der Waals surface area contributed by atoms with Gasteiger partial charge in [-0.2, -0.15) is 0 Å². The zero-order valence-corrected chi connectivity index (χ0v) is 25.0. The van der Waals surface area contributed by atoms with E-state index >= 15 is 0 Å². The second-order valence-electron chi connectivity index (χ2n) is 9.69. The number of nitrogens with two attached hydrogens (primary N) is 2. The molecule has 1 saturated heterocycles. The predicted molar refractivity (Wildman–Crippen MR) is 159 cm³/mol. The van der Waals surface area contributed by atoms with Crippen LogP contribution in [0.2, 0.25) is 0 Å². The standard InChI is InChI=1S/C27H24N8O9S2/c28-17-5-7-34(11-30-17)6-1-2-13-9-45-24-19(23(39)35(24)20(13)25(40)41)32-22(38)18(14-10-46-27(29)31-14)33-44-21(26(42)43)12-3-4-15(36)16(37)8-12/h1-5,7-8,10-11,19,21,24,28H,6,9H2,(H7,29,31,32,33,36,37,38,40,41,42,43)/b2-1+/t19-,21+,24-/m1/s1. The summed E-state index contributed by atoms with van der Waals surface area (Å²) in [5.41, 5.74) is 10.6. The van der Waals surface area contributed by atoms with Gasteiger partial charge in [-0.3, -0.25) is 14.5 Å². The topological polar surface area (TPSA) is 271 Å². The molecule has 4 heterocycles. The van der Waals surface area contributed by atoms with Crippen LogP contribution in [-0.4, -0.2) is 76.8 Å². The first-order chi connectivity index (χ1) is 21.9. The molecular weight excluding hydrogens is 644 g/mol. The number of fused-ring (bicyclic) bond motifs is 1. The molecule has 0 aliphatic carbocycles. The number of hydrogen-bond donors (Lipinski definition) is 6. The number of nitrogens with one attached hydrogen (secondary N) is 1. The molecule has 19 heteroatoms. The second-order valence-corrected chi connectivity index (χ2v) is 11.7. The number of allylic oxidation sites excluding steroid dienone is 2. The highest BCUT2D eigenvalue weighted by Crippen LogP contribution is 2.40. The summed E-state index contributed by atoms with van der Waals surface area (Å²) in [6.45, 7) is 0.347. The van der Waals surface area contributed by atoms with E-state index in [9.17, 15) is 39.6 Å². The Labute approximate surface area is 267 Å². The molecule has 8 N–H and O–H groups in total. The number of phenolic OH excluding ortho intramolecular Hbond substituents is 2. The zero-order valence-electron chi connectivity index (χ0n) is 23.3. The number of aromatic nitrogens is 3. The fraction of sp³-hybridized carbons (Fsp3) is 0.185. The molecule has 238 valence electrons. The van der Waals surface area contributed by atoms with Crippen LogP contribution in [0, 0.1) is 0 Å². The van der Waals surface area contributed by atoms with E-state index in [-0.39, 0.29) is 27.8 Å². The van der Waals surface area contributed by atoms with Crippen molar-refractivity contribution in [1.82, 2.24) is 20.2 Å². The lowest BCUT2D eigenvalue weighted by molar-refractivity contribution is -0.689. The quantitative estimate of drug-likeness (QED) is 0.0451. The van der Waals surface area contributed by atoms with E-state index in [0.717, 1.165) is 28.4 Å². The summed E-state index contributed by atoms with van der Waals surface area (Å²) in [6.07, 6.45) is 4.64. The maximum absolute atomic E-state index is 13.4. The van der Waals surface area contributed by atoms with Crippen LogP contribution in [0.3, 0.4) is 0 Å². The second kappa shape index (κ2) is 13.1. The van der Waals surface area contributed by atoms with Gasteiger partial charge in [-0.25, -0.2) is 14.3 Å². The maximum Gasteiger partial charge on any atom is 0.352 e. The van der Waals surface area contributed by atoms with Crippen LogP contribution in [0.5, 0.6) is 11.5 Å². The van der Waals surface area contributed by atoms with Gasteiger partial charge in [0.25, 0.3) is 18.1 Å². The van der Waals surface area contributed by atoms with Crippen molar-refractivity contribution >= 4 is 63.5 Å². The Morgan fingerprint density at radius 2 is 2.04 bits per heavy atom. The smallest absolute Gasteiger partial charge is 0.352 e. The third-order valence-corrected chi connectivity index (χ3v) is 8.64. The van der Waals surface area contributed by atoms with Gasteiger partial charge in [0.1, 0.15) is 23.7 Å². The number of oxime groups is 1. The van der Waals surface area contributed by atoms with Crippen LogP contribution in [0.15, 0.2) is 70.7 Å². The first-order valence-corrected chi connectivity index (χ1v) is 15.0. The van der Waals surface area contributed by atoms with Crippen molar-refractivity contribution < 1.29 is 49.0 Å². The van der Waals surface area contributed by atoms with Crippen molar-refractivity contribution in [1.29, 1.82) is 0 Å². The van der Waals surface area contributed by atoms with Crippen molar-refractivity contribution in [2.24, 2.45) is 5.16 Å². The van der Waals surface area contributed by atoms with Gasteiger partial charge in [-0.15, -0.1) is 23.1 Å². The van der Waals surface area contributed by atoms with Gasteiger partial charge in [0.15, 0.2) is 22.3 Å². The number of aliphatic carboxylic acids is 2. The number of carbonyl (C=O) groups excluding carboxylic acids is 3. The van der Waals surface area contributed by atoms with E-state index < -0.39 is 58.5 Å². The van der Waals surface area contributed by atoms with Crippen molar-refractivity contribution in [3.05, 3.63) is 76.8 Å². The summed E-state index contributed by atoms with van der Waals surface area (Å²) in [5.74, 6) is -5.41. The average molecular weight is 669 g/mol. The molecule has 1 aromatic carbocycles. The molecule has 2 aromatic heterocycles. The first kappa shape index (κ1) is 31.7. The molecule has 5 rings (SSSR count). The van der Waals surface area contributed by atoms with Crippen molar-refractivity contribution in [2.45, 2.75) is 24.1 Å². The number of thioether (sulfide) groups is 1. The molecule has 1 fully saturated rings. The SMILES string of the molecule is Nc1cc[n+](C/C=C/C2=C(C(=O)[O-])N3C(=O)[C@@H](NC(=O)/C(=N\O[C@H](C(=O)O)c4ccc(O)c(O)c4)c4csc(N)n4)[C@H]3SC2)cn1. The van der Waals surface area contributed by atoms with E-state index in [1.165, 1.54) is 29.5 Å². The number of carboxylic acids is 2. The monoisotopic (exact) mass is 668 g/mol. The molecule has 0 unspecified atom stereocenters. The summed E-state index contributed by atoms with van der Waals surface area (Å²) < 4.78 is 1.71. The molecule has 2 aliphatic heterocycles. The molecule has 0 saturated carbocycles. The molecular formula is C27H24N8O9S2. The molecule has 3 aromatic rings. The molecule has 2 aliphatic rings. The third kappa shape index (κ3) is 6.54. The van der Waals surface area contributed by atoms with Gasteiger partial charge >= 0.3 is 5.97 Å². The van der Waals surface area contributed by atoms with Crippen LogP contribution < -0.4 is 26.5 Å². The largest absolute Gasteiger partial charge is 0.543 e. The summed E-state index contributed by atoms with van der Waals surface area (Å²) >= 11 is 2.16. The number of nitrogen functional groups attached to an aromatic ring is 2. The maximum atomic E-state index is 13.4. The van der Waals surface area contributed by atoms with Gasteiger partial charge in [-0.1, -0.05) is 17.3 Å². The molecule has 0 radical (unpaired) electrons. The van der Waals surface area contributed by atoms with Crippen LogP contribution in [-0.2, 0) is 30.6 Å². The number of carbonyl (C=O) groups is 4. The molecule has 17 nitrogen and oxygen atoms in total. The number of carboxylic acid groups (broad SMARTS) is 2. The van der Waals surface area contributed by atoms with Crippen molar-refractivity contribution in [3.63, 3.8) is 0 Å². The Kier molecular flexibility index (Phi) is 9.05. The lowest BCUT2D eigenvalue weighted by Crippen LogP contribution is -2.71. The lowest BCUT2D eigenvalue weighted by Gasteiger charge is -2.50. The van der Waals surface area contributed by atoms with E-state index in [1.807, 2.05) is 0 Å². The predicted octanol–water partition coefficient (Wildman–Crippen LogP) is -1.39. The number of aromatic hydroxyl groups is 2. The highest BCUT2D eigenvalue weighted by molar-refractivity contribution is 8.00. The number of nitrogens with zero attached hydrogens (tertiary/aromatic N) is 5. The zero-order chi connectivity index (χ0) is 33.1. The van der Waals surface area contributed by atoms with Crippen molar-refractivity contribution in [3.8, 4) is 11.5 Å². The van der Waals surface area contributed by atoms with E-state index in [4.69, 9.17) is 16.3 Å². The van der Waals surface area contributed by atoms with Gasteiger partial charge in [0.2, 0.25) is 11.9 Å². The molecule has 0 spiro atoms. The summed E-state index contributed by atoms with van der Waals surface area (Å²) in [6, 6.07) is 3.59. The Bertz CT molecular complexity index is 1810. The molecule has 3 atom stereocenters. The van der Waals surface area contributed by atoms with Gasteiger partial charge in [0.05, 0.1) is 17.9 Å². The van der Waals surface area contributed by atoms with Gasteiger partial charge < -0.3 is 46.8 Å². The number of amides is 2. The van der Waals surface area contributed by atoms with E-state index in [2.05, 4.69) is 20.4 Å². The Morgan fingerprint density at radius 3 is 2.67 bits per heavy atom. The fourth-order valence-electron chi connectivity index (χ4n) is 4.45. The number of hydrogen-bond acceptors (Lipinski definition) is 15. The number of thiazole rings is 1. The van der Waals surface area contributed by atoms with Gasteiger partial charge in [0, 0.05) is 22.8 Å². The van der Waals surface area contributed by atoms with Crippen molar-refractivity contribution in [2.75, 3.05) is 17.2 Å². The highest BCUT2D eigenvalue weighted by atomic mass is 32.2. The van der Waals surface area contributed by atoms with Gasteiger partial charge in [-0.05, 0) is 28.8 Å². The van der Waals surface area contributed by atoms with Crippen LogP contribution in [0.4, 0.5) is 10.9 Å². The average Bonchev–Trinajstić information content (AvgIpc) is 3.45. The Balaban J connectivity index is 1.34. The molecule has 0 bridgehead atoms. The van der Waals surface area contributed by atoms with E-state index in [0.29, 0.717) is 17.9 Å². The number of benzene rings is 1. The fourth-order valence-corrected chi connectivity index (χ4v) is 6.31. The number of rotatable bonds is 11. The summed E-state index contributed by atoms with van der Waals surface area (Å²) in [7, 11) is 0. The number of anilines is 2. The summed E-state index contributed by atoms with van der Waals surface area (Å²) in [5, 5.41) is 47.9.